The summed E-state index contributed by atoms with van der Waals surface area (Å²) in [7, 11) is 1.64. The molecule has 0 spiro atoms. The monoisotopic (exact) mass is 498 g/mol. The molecule has 35 heavy (non-hydrogen) atoms. The normalized spacial score (nSPS) is 12.9. The molecule has 0 aliphatic carbocycles. The van der Waals surface area contributed by atoms with Gasteiger partial charge in [-0.2, -0.15) is 0 Å². The van der Waals surface area contributed by atoms with Gasteiger partial charge in [-0.3, -0.25) is 9.36 Å². The van der Waals surface area contributed by atoms with Crippen molar-refractivity contribution in [3.05, 3.63) is 70.3 Å². The topological polar surface area (TPSA) is 121 Å². The molecule has 0 aliphatic heterocycles. The Hall–Kier alpha value is -2.94. The van der Waals surface area contributed by atoms with Crippen LogP contribution in [0.2, 0.25) is 5.02 Å². The highest BCUT2D eigenvalue weighted by atomic mass is 35.5. The highest BCUT2D eigenvalue weighted by Gasteiger charge is 2.24. The molecule has 5 N–H and O–H groups in total. The van der Waals surface area contributed by atoms with E-state index in [1.165, 1.54) is 0 Å². The number of hydrogen-bond acceptors (Lipinski definition) is 6. The zero-order chi connectivity index (χ0) is 25.4. The van der Waals surface area contributed by atoms with Gasteiger partial charge in [-0.15, -0.1) is 10.2 Å². The molecule has 8 nitrogen and oxygen atoms in total. The molecule has 9 heteroatoms. The van der Waals surface area contributed by atoms with Gasteiger partial charge in [-0.1, -0.05) is 37.1 Å². The van der Waals surface area contributed by atoms with Crippen LogP contribution in [-0.2, 0) is 4.79 Å². The molecule has 2 aromatic carbocycles. The summed E-state index contributed by atoms with van der Waals surface area (Å²) in [6, 6.07) is 13.1. The third-order valence-corrected chi connectivity index (χ3v) is 6.35. The first-order valence-electron chi connectivity index (χ1n) is 11.9. The molecule has 0 saturated heterocycles. The van der Waals surface area contributed by atoms with Crippen LogP contribution in [0.5, 0.6) is 5.75 Å². The van der Waals surface area contributed by atoms with Crippen LogP contribution < -0.4 is 21.5 Å². The van der Waals surface area contributed by atoms with Gasteiger partial charge in [-0.05, 0) is 67.8 Å². The number of amides is 1. The van der Waals surface area contributed by atoms with Crippen LogP contribution in [0.15, 0.2) is 42.5 Å². The maximum atomic E-state index is 12.5. The van der Waals surface area contributed by atoms with Gasteiger partial charge in [0, 0.05) is 23.9 Å². The molecule has 0 bridgehead atoms. The molecule has 1 aromatic heterocycles. The number of halogens is 1. The fraction of sp³-hybridized carbons (Fsp3) is 0.423. The second-order valence-corrected chi connectivity index (χ2v) is 9.09. The van der Waals surface area contributed by atoms with Crippen molar-refractivity contribution in [1.29, 1.82) is 0 Å². The number of hydrogen-bond donors (Lipinski definition) is 3. The van der Waals surface area contributed by atoms with Crippen molar-refractivity contribution in [2.45, 2.75) is 51.5 Å². The van der Waals surface area contributed by atoms with Crippen molar-refractivity contribution in [2.75, 3.05) is 20.2 Å². The van der Waals surface area contributed by atoms with Gasteiger partial charge in [0.2, 0.25) is 5.91 Å². The van der Waals surface area contributed by atoms with Crippen molar-refractivity contribution < 1.29 is 9.53 Å². The summed E-state index contributed by atoms with van der Waals surface area (Å²) in [5.41, 5.74) is 15.0. The molecule has 3 aromatic rings. The third-order valence-electron chi connectivity index (χ3n) is 6.10. The predicted octanol–water partition coefficient (Wildman–Crippen LogP) is 4.02. The average Bonchev–Trinajstić information content (AvgIpc) is 3.24. The molecular weight excluding hydrogens is 464 g/mol. The van der Waals surface area contributed by atoms with E-state index in [2.05, 4.69) is 22.4 Å². The van der Waals surface area contributed by atoms with E-state index in [0.29, 0.717) is 29.8 Å². The Bertz CT molecular complexity index is 1120. The quantitative estimate of drug-likeness (QED) is 0.324. The van der Waals surface area contributed by atoms with Crippen LogP contribution in [0, 0.1) is 6.92 Å². The summed E-state index contributed by atoms with van der Waals surface area (Å²) < 4.78 is 7.44. The van der Waals surface area contributed by atoms with Crippen LogP contribution >= 0.6 is 11.6 Å². The van der Waals surface area contributed by atoms with Gasteiger partial charge in [0.15, 0.2) is 5.82 Å². The van der Waals surface area contributed by atoms with E-state index in [9.17, 15) is 4.79 Å². The number of methoxy groups -OCH3 is 1. The lowest BCUT2D eigenvalue weighted by Crippen LogP contribution is -2.29. The van der Waals surface area contributed by atoms with Crippen molar-refractivity contribution in [2.24, 2.45) is 11.5 Å². The van der Waals surface area contributed by atoms with Gasteiger partial charge in [-0.25, -0.2) is 0 Å². The van der Waals surface area contributed by atoms with Gasteiger partial charge in [0.1, 0.15) is 11.6 Å². The van der Waals surface area contributed by atoms with E-state index >= 15 is 0 Å². The van der Waals surface area contributed by atoms with E-state index in [1.807, 2.05) is 54.0 Å². The number of nitrogens with two attached hydrogens (primary N) is 2. The predicted molar refractivity (Wildman–Crippen MR) is 139 cm³/mol. The Kier molecular flexibility index (Phi) is 9.65. The standard InChI is InChI=1S/C26H35ClN6O2/c1-17(19-7-9-20(27)10-8-19)22-15-21(35-3)11-12-24(22)33-18(2)31-32-26(33)23(29)16-25(34)30-14-6-4-5-13-28/h7-12,15,17,23H,4-6,13-14,16,28-29H2,1-3H3,(H,30,34). The summed E-state index contributed by atoms with van der Waals surface area (Å²) in [6.45, 7) is 5.27. The number of carbonyl (C=O) groups excluding carboxylic acids is 1. The average molecular weight is 499 g/mol. The zero-order valence-electron chi connectivity index (χ0n) is 20.6. The van der Waals surface area contributed by atoms with Gasteiger partial charge in [0.05, 0.1) is 18.8 Å². The molecular formula is C26H35ClN6O2. The Balaban J connectivity index is 1.88. The number of nitrogens with one attached hydrogen (secondary N) is 1. The van der Waals surface area contributed by atoms with Crippen LogP contribution in [0.3, 0.4) is 0 Å². The number of carbonyl (C=O) groups is 1. The smallest absolute Gasteiger partial charge is 0.222 e. The number of nitrogens with zero attached hydrogens (tertiary/aromatic N) is 3. The lowest BCUT2D eigenvalue weighted by molar-refractivity contribution is -0.121. The van der Waals surface area contributed by atoms with Crippen molar-refractivity contribution in [3.8, 4) is 11.4 Å². The summed E-state index contributed by atoms with van der Waals surface area (Å²) in [5.74, 6) is 1.89. The second kappa shape index (κ2) is 12.7. The second-order valence-electron chi connectivity index (χ2n) is 8.65. The highest BCUT2D eigenvalue weighted by molar-refractivity contribution is 6.30. The molecule has 3 rings (SSSR count). The molecule has 2 unspecified atom stereocenters. The lowest BCUT2D eigenvalue weighted by atomic mass is 9.91. The first-order valence-corrected chi connectivity index (χ1v) is 12.3. The van der Waals surface area contributed by atoms with Crippen molar-refractivity contribution >= 4 is 17.5 Å². The number of unbranched alkanes of at least 4 members (excludes halogenated alkanes) is 2. The Labute approximate surface area is 212 Å². The third kappa shape index (κ3) is 6.81. The maximum absolute atomic E-state index is 12.5. The van der Waals surface area contributed by atoms with E-state index in [1.54, 1.807) is 7.11 Å². The minimum Gasteiger partial charge on any atom is -0.497 e. The van der Waals surface area contributed by atoms with E-state index in [4.69, 9.17) is 27.8 Å². The van der Waals surface area contributed by atoms with E-state index < -0.39 is 6.04 Å². The number of ether oxygens (including phenoxy) is 1. The highest BCUT2D eigenvalue weighted by Crippen LogP contribution is 2.34. The lowest BCUT2D eigenvalue weighted by Gasteiger charge is -2.21. The van der Waals surface area contributed by atoms with Gasteiger partial charge >= 0.3 is 0 Å². The first-order chi connectivity index (χ1) is 16.8. The Morgan fingerprint density at radius 2 is 1.89 bits per heavy atom. The van der Waals surface area contributed by atoms with Gasteiger partial charge in [0.25, 0.3) is 0 Å². The fourth-order valence-electron chi connectivity index (χ4n) is 4.09. The van der Waals surface area contributed by atoms with Crippen LogP contribution in [0.1, 0.15) is 67.3 Å². The molecule has 0 fully saturated rings. The molecule has 2 atom stereocenters. The van der Waals surface area contributed by atoms with Gasteiger partial charge < -0.3 is 21.5 Å². The molecule has 1 heterocycles. The Morgan fingerprint density at radius 3 is 2.57 bits per heavy atom. The minimum absolute atomic E-state index is 0.0278. The maximum Gasteiger partial charge on any atom is 0.222 e. The van der Waals surface area contributed by atoms with Crippen LogP contribution in [-0.4, -0.2) is 40.9 Å². The number of aryl methyl sites for hydroxylation is 1. The molecule has 0 aliphatic rings. The number of benzene rings is 2. The molecule has 0 radical (unpaired) electrons. The zero-order valence-corrected chi connectivity index (χ0v) is 21.4. The number of rotatable bonds is 12. The van der Waals surface area contributed by atoms with Crippen molar-refractivity contribution in [3.63, 3.8) is 0 Å². The SMILES string of the molecule is COc1ccc(-n2c(C)nnc2C(N)CC(=O)NCCCCCN)c(C(C)c2ccc(Cl)cc2)c1. The minimum atomic E-state index is -0.610. The summed E-state index contributed by atoms with van der Waals surface area (Å²) >= 11 is 6.10. The number of aromatic nitrogens is 3. The Morgan fingerprint density at radius 1 is 1.14 bits per heavy atom. The molecule has 188 valence electrons. The summed E-state index contributed by atoms with van der Waals surface area (Å²) in [6.07, 6.45) is 2.96. The summed E-state index contributed by atoms with van der Waals surface area (Å²) in [4.78, 5) is 12.5. The van der Waals surface area contributed by atoms with E-state index in [-0.39, 0.29) is 18.2 Å². The fourth-order valence-corrected chi connectivity index (χ4v) is 4.22. The van der Waals surface area contributed by atoms with E-state index in [0.717, 1.165) is 41.8 Å². The van der Waals surface area contributed by atoms with Crippen molar-refractivity contribution in [1.82, 2.24) is 20.1 Å². The molecule has 1 amide bonds. The largest absolute Gasteiger partial charge is 0.497 e. The first kappa shape index (κ1) is 26.7. The van der Waals surface area contributed by atoms with Crippen LogP contribution in [0.4, 0.5) is 0 Å². The summed E-state index contributed by atoms with van der Waals surface area (Å²) in [5, 5.41) is 12.2. The van der Waals surface area contributed by atoms with Crippen LogP contribution in [0.25, 0.3) is 5.69 Å². The molecule has 0 saturated carbocycles.